The summed E-state index contributed by atoms with van der Waals surface area (Å²) in [5.74, 6) is 2.71. The van der Waals surface area contributed by atoms with Gasteiger partial charge in [0.05, 0.1) is 12.5 Å². The van der Waals surface area contributed by atoms with Crippen molar-refractivity contribution in [2.24, 2.45) is 34.5 Å². The second-order valence-corrected chi connectivity index (χ2v) is 9.14. The van der Waals surface area contributed by atoms with Crippen LogP contribution in [0, 0.1) is 34.5 Å². The molecule has 0 aliphatic heterocycles. The number of methoxy groups -OCH3 is 1. The van der Waals surface area contributed by atoms with Gasteiger partial charge in [0.2, 0.25) is 0 Å². The maximum atomic E-state index is 12.6. The van der Waals surface area contributed by atoms with Crippen LogP contribution in [0.1, 0.15) is 72.6 Å². The van der Waals surface area contributed by atoms with Gasteiger partial charge in [-0.25, -0.2) is 0 Å². The predicted octanol–water partition coefficient (Wildman–Crippen LogP) is 5.37. The number of ether oxygens (including phenoxy) is 1. The van der Waals surface area contributed by atoms with Crippen molar-refractivity contribution < 1.29 is 9.53 Å². The van der Waals surface area contributed by atoms with Crippen molar-refractivity contribution >= 4 is 5.97 Å². The summed E-state index contributed by atoms with van der Waals surface area (Å²) in [5.41, 5.74) is 1.72. The first-order valence-corrected chi connectivity index (χ1v) is 9.62. The van der Waals surface area contributed by atoms with E-state index in [1.54, 1.807) is 12.7 Å². The summed E-state index contributed by atoms with van der Waals surface area (Å²) in [7, 11) is 1.56. The Hall–Kier alpha value is -0.790. The monoisotopic (exact) mass is 318 g/mol. The van der Waals surface area contributed by atoms with E-state index in [2.05, 4.69) is 33.8 Å². The predicted molar refractivity (Wildman–Crippen MR) is 93.9 cm³/mol. The summed E-state index contributed by atoms with van der Waals surface area (Å²) < 4.78 is 5.22. The van der Waals surface area contributed by atoms with Crippen LogP contribution < -0.4 is 0 Å². The van der Waals surface area contributed by atoms with Crippen LogP contribution in [0.4, 0.5) is 0 Å². The van der Waals surface area contributed by atoms with Crippen molar-refractivity contribution in [3.8, 4) is 0 Å². The average Bonchev–Trinajstić information content (AvgIpc) is 2.53. The van der Waals surface area contributed by atoms with Gasteiger partial charge < -0.3 is 4.74 Å². The smallest absolute Gasteiger partial charge is 0.311 e. The zero-order chi connectivity index (χ0) is 16.8. The molecule has 0 radical (unpaired) electrons. The van der Waals surface area contributed by atoms with Crippen LogP contribution in [-0.4, -0.2) is 13.1 Å². The highest BCUT2D eigenvalue weighted by molar-refractivity contribution is 5.77. The Morgan fingerprint density at radius 3 is 2.61 bits per heavy atom. The van der Waals surface area contributed by atoms with Crippen LogP contribution in [0.25, 0.3) is 0 Å². The lowest BCUT2D eigenvalue weighted by atomic mass is 9.45. The molecular formula is C21H34O2. The Morgan fingerprint density at radius 1 is 1.22 bits per heavy atom. The second-order valence-electron chi connectivity index (χ2n) is 9.14. The van der Waals surface area contributed by atoms with E-state index in [0.717, 1.165) is 31.1 Å². The van der Waals surface area contributed by atoms with Gasteiger partial charge in [0, 0.05) is 0 Å². The lowest BCUT2D eigenvalue weighted by molar-refractivity contribution is -0.168. The normalized spacial score (nSPS) is 43.4. The van der Waals surface area contributed by atoms with Crippen LogP contribution in [-0.2, 0) is 9.53 Å². The molecule has 3 aliphatic rings. The zero-order valence-electron chi connectivity index (χ0n) is 15.7. The minimum absolute atomic E-state index is 0.0247. The molecule has 2 fully saturated rings. The molecule has 3 aliphatic carbocycles. The molecule has 0 aromatic carbocycles. The van der Waals surface area contributed by atoms with E-state index in [9.17, 15) is 4.79 Å². The largest absolute Gasteiger partial charge is 0.469 e. The Labute approximate surface area is 142 Å². The number of carbonyl (C=O) groups is 1. The number of rotatable bonds is 2. The van der Waals surface area contributed by atoms with Gasteiger partial charge in [0.25, 0.3) is 0 Å². The molecule has 0 saturated heterocycles. The minimum Gasteiger partial charge on any atom is -0.469 e. The van der Waals surface area contributed by atoms with Crippen LogP contribution in [0.2, 0.25) is 0 Å². The van der Waals surface area contributed by atoms with Crippen molar-refractivity contribution in [2.45, 2.75) is 72.6 Å². The Morgan fingerprint density at radius 2 is 1.96 bits per heavy atom. The number of hydrogen-bond donors (Lipinski definition) is 0. The fourth-order valence-corrected chi connectivity index (χ4v) is 6.32. The lowest BCUT2D eigenvalue weighted by Crippen LogP contribution is -2.54. The van der Waals surface area contributed by atoms with E-state index in [1.807, 2.05) is 0 Å². The van der Waals surface area contributed by atoms with Gasteiger partial charge in [0.1, 0.15) is 0 Å². The fraction of sp³-hybridized carbons (Fsp3) is 0.857. The van der Waals surface area contributed by atoms with E-state index in [-0.39, 0.29) is 16.8 Å². The van der Waals surface area contributed by atoms with E-state index in [0.29, 0.717) is 11.8 Å². The number of carbonyl (C=O) groups excluding carboxylic acids is 1. The quantitative estimate of drug-likeness (QED) is 0.505. The molecule has 0 bridgehead atoms. The van der Waals surface area contributed by atoms with Crippen LogP contribution in [0.5, 0.6) is 0 Å². The molecule has 5 atom stereocenters. The molecule has 0 N–H and O–H groups in total. The number of hydrogen-bond acceptors (Lipinski definition) is 2. The molecule has 23 heavy (non-hydrogen) atoms. The van der Waals surface area contributed by atoms with E-state index in [1.165, 1.54) is 25.7 Å². The van der Waals surface area contributed by atoms with Crippen molar-refractivity contribution in [1.82, 2.24) is 0 Å². The molecule has 0 heterocycles. The third-order valence-corrected chi connectivity index (χ3v) is 7.67. The third-order valence-electron chi connectivity index (χ3n) is 7.67. The molecule has 2 nitrogen and oxygen atoms in total. The maximum Gasteiger partial charge on any atom is 0.311 e. The highest BCUT2D eigenvalue weighted by Crippen LogP contribution is 2.63. The minimum atomic E-state index is -0.276. The van der Waals surface area contributed by atoms with E-state index < -0.39 is 0 Å². The van der Waals surface area contributed by atoms with Crippen molar-refractivity contribution in [2.75, 3.05) is 7.11 Å². The molecule has 2 unspecified atom stereocenters. The van der Waals surface area contributed by atoms with E-state index in [4.69, 9.17) is 4.74 Å². The van der Waals surface area contributed by atoms with Crippen LogP contribution in [0.15, 0.2) is 11.6 Å². The first-order valence-electron chi connectivity index (χ1n) is 9.62. The van der Waals surface area contributed by atoms with Gasteiger partial charge in [-0.05, 0) is 74.5 Å². The molecule has 2 saturated carbocycles. The van der Waals surface area contributed by atoms with Gasteiger partial charge >= 0.3 is 5.97 Å². The Balaban J connectivity index is 1.93. The second kappa shape index (κ2) is 5.93. The Bertz CT molecular complexity index is 506. The van der Waals surface area contributed by atoms with Gasteiger partial charge in [-0.3, -0.25) is 4.79 Å². The number of allylic oxidation sites excluding steroid dienone is 2. The first-order chi connectivity index (χ1) is 10.8. The van der Waals surface area contributed by atoms with Crippen LogP contribution >= 0.6 is 0 Å². The van der Waals surface area contributed by atoms with Gasteiger partial charge in [0.15, 0.2) is 0 Å². The molecule has 0 spiro atoms. The van der Waals surface area contributed by atoms with Crippen molar-refractivity contribution in [1.29, 1.82) is 0 Å². The molecule has 0 aromatic rings. The summed E-state index contributed by atoms with van der Waals surface area (Å²) in [4.78, 5) is 12.6. The summed E-state index contributed by atoms with van der Waals surface area (Å²) in [6.45, 7) is 9.36. The molecule has 0 aromatic heterocycles. The van der Waals surface area contributed by atoms with Gasteiger partial charge in [-0.1, -0.05) is 38.8 Å². The summed E-state index contributed by atoms with van der Waals surface area (Å²) in [5, 5.41) is 0. The summed E-state index contributed by atoms with van der Waals surface area (Å²) >= 11 is 0. The number of esters is 1. The third kappa shape index (κ3) is 2.57. The first kappa shape index (κ1) is 17.0. The van der Waals surface area contributed by atoms with Gasteiger partial charge in [-0.2, -0.15) is 0 Å². The molecular weight excluding hydrogens is 284 g/mol. The Kier molecular flexibility index (Phi) is 4.40. The lowest BCUT2D eigenvalue weighted by Gasteiger charge is -2.58. The van der Waals surface area contributed by atoms with Gasteiger partial charge in [-0.15, -0.1) is 0 Å². The van der Waals surface area contributed by atoms with E-state index >= 15 is 0 Å². The standard InChI is InChI=1S/C21H34O2/c1-14(2)15-7-9-17-16(13-15)8-10-18-20(17,3)11-6-12-21(18,4)19(22)23-5/h13-15,17-18H,6-12H2,1-5H3/t15?,17-,18?,20-,21+/m1/s1. The molecule has 3 rings (SSSR count). The topological polar surface area (TPSA) is 26.3 Å². The van der Waals surface area contributed by atoms with Crippen molar-refractivity contribution in [3.63, 3.8) is 0 Å². The van der Waals surface area contributed by atoms with Crippen LogP contribution in [0.3, 0.4) is 0 Å². The highest BCUT2D eigenvalue weighted by atomic mass is 16.5. The number of fused-ring (bicyclic) bond motifs is 3. The summed E-state index contributed by atoms with van der Waals surface area (Å²) in [6, 6.07) is 0. The molecule has 2 heteroatoms. The zero-order valence-corrected chi connectivity index (χ0v) is 15.7. The molecule has 0 amide bonds. The maximum absolute atomic E-state index is 12.6. The SMILES string of the molecule is COC(=O)[C@@]1(C)CCC[C@@]2(C)C1CCC1=CC(C(C)C)CC[C@H]12. The fourth-order valence-electron chi connectivity index (χ4n) is 6.32. The summed E-state index contributed by atoms with van der Waals surface area (Å²) in [6.07, 6.45) is 11.1. The molecule has 130 valence electrons. The highest BCUT2D eigenvalue weighted by Gasteiger charge is 2.58. The van der Waals surface area contributed by atoms with Crippen molar-refractivity contribution in [3.05, 3.63) is 11.6 Å². The average molecular weight is 319 g/mol.